The van der Waals surface area contributed by atoms with Gasteiger partial charge in [0.1, 0.15) is 6.10 Å². The number of hydrogen-bond donors (Lipinski definition) is 1. The fraction of sp³-hybridized carbons (Fsp3) is 0.400. The van der Waals surface area contributed by atoms with E-state index in [1.807, 2.05) is 12.3 Å². The molecule has 0 amide bonds. The van der Waals surface area contributed by atoms with E-state index in [0.717, 1.165) is 31.1 Å². The van der Waals surface area contributed by atoms with Crippen molar-refractivity contribution in [2.24, 2.45) is 11.8 Å². The highest BCUT2D eigenvalue weighted by molar-refractivity contribution is 5.48. The molecule has 0 spiro atoms. The van der Waals surface area contributed by atoms with Crippen LogP contribution < -0.4 is 4.90 Å². The van der Waals surface area contributed by atoms with Gasteiger partial charge >= 0.3 is 5.82 Å². The van der Waals surface area contributed by atoms with Crippen LogP contribution in [0.2, 0.25) is 0 Å². The molecule has 0 aliphatic carbocycles. The number of fused-ring (bicyclic) bond motifs is 1. The van der Waals surface area contributed by atoms with E-state index in [-0.39, 0.29) is 11.9 Å². The van der Waals surface area contributed by atoms with E-state index in [2.05, 4.69) is 20.9 Å². The summed E-state index contributed by atoms with van der Waals surface area (Å²) in [5.74, 6) is 0.813. The standard InChI is InChI=1S/C15H16N4O3/c20-19(21)14-4-3-11(6-17-14)18-7-10-9-22-15(12(10)8-18)13-2-1-5-16-13/h1-6,10,12,15-16H,7-9H2/t10-,12-,15?/m1/s1. The van der Waals surface area contributed by atoms with Crippen LogP contribution in [0.4, 0.5) is 11.5 Å². The van der Waals surface area contributed by atoms with Crippen molar-refractivity contribution in [3.63, 3.8) is 0 Å². The van der Waals surface area contributed by atoms with Gasteiger partial charge in [0, 0.05) is 42.9 Å². The molecule has 2 saturated heterocycles. The molecule has 7 nitrogen and oxygen atoms in total. The molecule has 1 unspecified atom stereocenters. The normalized spacial score (nSPS) is 27.1. The van der Waals surface area contributed by atoms with E-state index < -0.39 is 4.92 Å². The number of nitro groups is 1. The third kappa shape index (κ3) is 2.14. The Kier molecular flexibility index (Phi) is 3.07. The minimum absolute atomic E-state index is 0.107. The summed E-state index contributed by atoms with van der Waals surface area (Å²) < 4.78 is 5.94. The van der Waals surface area contributed by atoms with Gasteiger partial charge in [0.2, 0.25) is 0 Å². The summed E-state index contributed by atoms with van der Waals surface area (Å²) in [5, 5.41) is 10.7. The molecule has 22 heavy (non-hydrogen) atoms. The first-order chi connectivity index (χ1) is 10.7. The number of aromatic nitrogens is 2. The molecule has 4 heterocycles. The number of nitrogens with one attached hydrogen (secondary N) is 1. The van der Waals surface area contributed by atoms with Gasteiger partial charge in [-0.25, -0.2) is 0 Å². The molecular formula is C15H16N4O3. The summed E-state index contributed by atoms with van der Waals surface area (Å²) in [6.45, 7) is 2.54. The molecule has 1 N–H and O–H groups in total. The minimum atomic E-state index is -0.475. The fourth-order valence-corrected chi connectivity index (χ4v) is 3.49. The predicted molar refractivity (Wildman–Crippen MR) is 79.6 cm³/mol. The summed E-state index contributed by atoms with van der Waals surface area (Å²) in [7, 11) is 0. The van der Waals surface area contributed by atoms with E-state index >= 15 is 0 Å². The van der Waals surface area contributed by atoms with E-state index in [0.29, 0.717) is 11.8 Å². The van der Waals surface area contributed by atoms with Gasteiger partial charge in [-0.3, -0.25) is 0 Å². The summed E-state index contributed by atoms with van der Waals surface area (Å²) in [6, 6.07) is 7.28. The second kappa shape index (κ2) is 5.10. The lowest BCUT2D eigenvalue weighted by Gasteiger charge is -2.20. The molecule has 2 aliphatic rings. The minimum Gasteiger partial charge on any atom is -0.371 e. The summed E-state index contributed by atoms with van der Waals surface area (Å²) in [6.07, 6.45) is 3.61. The largest absolute Gasteiger partial charge is 0.371 e. The summed E-state index contributed by atoms with van der Waals surface area (Å²) in [5.41, 5.74) is 2.06. The molecule has 4 rings (SSSR count). The molecule has 2 fully saturated rings. The van der Waals surface area contributed by atoms with Gasteiger partial charge in [-0.15, -0.1) is 0 Å². The maximum atomic E-state index is 10.7. The number of H-pyrrole nitrogens is 1. The highest BCUT2D eigenvalue weighted by Crippen LogP contribution is 2.43. The second-order valence-corrected chi connectivity index (χ2v) is 5.84. The lowest BCUT2D eigenvalue weighted by molar-refractivity contribution is -0.389. The first kappa shape index (κ1) is 13.3. The average Bonchev–Trinajstić information content (AvgIpc) is 3.23. The zero-order chi connectivity index (χ0) is 15.1. The molecule has 3 atom stereocenters. The van der Waals surface area contributed by atoms with E-state index in [4.69, 9.17) is 4.74 Å². The SMILES string of the molecule is O=[N+]([O-])c1ccc(N2C[C@@H]3COC(c4ccc[nH]4)[C@@H]3C2)cn1. The number of hydrogen-bond acceptors (Lipinski definition) is 5. The molecular weight excluding hydrogens is 284 g/mol. The van der Waals surface area contributed by atoms with Crippen LogP contribution in [0.25, 0.3) is 0 Å². The molecule has 0 radical (unpaired) electrons. The van der Waals surface area contributed by atoms with Crippen molar-refractivity contribution < 1.29 is 9.66 Å². The van der Waals surface area contributed by atoms with Gasteiger partial charge in [-0.2, -0.15) is 0 Å². The Morgan fingerprint density at radius 2 is 2.27 bits per heavy atom. The van der Waals surface area contributed by atoms with Crippen molar-refractivity contribution in [2.45, 2.75) is 6.10 Å². The van der Waals surface area contributed by atoms with Crippen molar-refractivity contribution in [2.75, 3.05) is 24.6 Å². The molecule has 114 valence electrons. The quantitative estimate of drug-likeness (QED) is 0.693. The van der Waals surface area contributed by atoms with Gasteiger partial charge in [0.05, 0.1) is 12.3 Å². The Morgan fingerprint density at radius 3 is 2.95 bits per heavy atom. The topological polar surface area (TPSA) is 84.3 Å². The van der Waals surface area contributed by atoms with Crippen LogP contribution >= 0.6 is 0 Å². The zero-order valence-corrected chi connectivity index (χ0v) is 11.9. The third-order valence-electron chi connectivity index (χ3n) is 4.58. The maximum absolute atomic E-state index is 10.7. The van der Waals surface area contributed by atoms with E-state index in [9.17, 15) is 10.1 Å². The van der Waals surface area contributed by atoms with Gasteiger partial charge in [0.25, 0.3) is 0 Å². The Hall–Kier alpha value is -2.41. The number of pyridine rings is 1. The van der Waals surface area contributed by atoms with Crippen LogP contribution in [-0.4, -0.2) is 34.6 Å². The van der Waals surface area contributed by atoms with Crippen molar-refractivity contribution in [1.82, 2.24) is 9.97 Å². The molecule has 0 aromatic carbocycles. The smallest absolute Gasteiger partial charge is 0.363 e. The molecule has 2 aliphatic heterocycles. The van der Waals surface area contributed by atoms with Crippen LogP contribution in [0.3, 0.4) is 0 Å². The lowest BCUT2D eigenvalue weighted by Crippen LogP contribution is -2.23. The highest BCUT2D eigenvalue weighted by atomic mass is 16.6. The number of ether oxygens (including phenoxy) is 1. The van der Waals surface area contributed by atoms with Crippen molar-refractivity contribution in [3.8, 4) is 0 Å². The predicted octanol–water partition coefficient (Wildman–Crippen LogP) is 2.14. The Bertz CT molecular complexity index is 671. The Labute approximate surface area is 127 Å². The van der Waals surface area contributed by atoms with Crippen molar-refractivity contribution in [3.05, 3.63) is 52.5 Å². The summed E-state index contributed by atoms with van der Waals surface area (Å²) >= 11 is 0. The monoisotopic (exact) mass is 300 g/mol. The molecule has 0 bridgehead atoms. The van der Waals surface area contributed by atoms with Crippen molar-refractivity contribution >= 4 is 11.5 Å². The number of nitrogens with zero attached hydrogens (tertiary/aromatic N) is 3. The first-order valence-corrected chi connectivity index (χ1v) is 7.32. The van der Waals surface area contributed by atoms with Crippen LogP contribution in [0, 0.1) is 22.0 Å². The molecule has 0 saturated carbocycles. The second-order valence-electron chi connectivity index (χ2n) is 5.84. The van der Waals surface area contributed by atoms with Gasteiger partial charge < -0.3 is 24.7 Å². The van der Waals surface area contributed by atoms with Crippen LogP contribution in [-0.2, 0) is 4.74 Å². The Balaban J connectivity index is 1.51. The molecule has 7 heteroatoms. The molecule has 2 aromatic rings. The number of anilines is 1. The van der Waals surface area contributed by atoms with E-state index in [1.165, 1.54) is 6.07 Å². The summed E-state index contributed by atoms with van der Waals surface area (Å²) in [4.78, 5) is 19.6. The van der Waals surface area contributed by atoms with Crippen molar-refractivity contribution in [1.29, 1.82) is 0 Å². The van der Waals surface area contributed by atoms with Crippen LogP contribution in [0.15, 0.2) is 36.7 Å². The molecule has 2 aromatic heterocycles. The average molecular weight is 300 g/mol. The maximum Gasteiger partial charge on any atom is 0.363 e. The number of rotatable bonds is 3. The van der Waals surface area contributed by atoms with Crippen LogP contribution in [0.1, 0.15) is 11.8 Å². The highest BCUT2D eigenvalue weighted by Gasteiger charge is 2.45. The third-order valence-corrected chi connectivity index (χ3v) is 4.58. The fourth-order valence-electron chi connectivity index (χ4n) is 3.49. The first-order valence-electron chi connectivity index (χ1n) is 7.32. The number of aromatic amines is 1. The van der Waals surface area contributed by atoms with Gasteiger partial charge in [-0.1, -0.05) is 0 Å². The lowest BCUT2D eigenvalue weighted by atomic mass is 9.93. The zero-order valence-electron chi connectivity index (χ0n) is 11.9. The Morgan fingerprint density at radius 1 is 1.36 bits per heavy atom. The van der Waals surface area contributed by atoms with Crippen LogP contribution in [0.5, 0.6) is 0 Å². The van der Waals surface area contributed by atoms with Gasteiger partial charge in [-0.05, 0) is 28.1 Å². The van der Waals surface area contributed by atoms with Gasteiger partial charge in [0.15, 0.2) is 6.20 Å². The van der Waals surface area contributed by atoms with E-state index in [1.54, 1.807) is 12.3 Å².